The van der Waals surface area contributed by atoms with Gasteiger partial charge in [-0.15, -0.1) is 0 Å². The van der Waals surface area contributed by atoms with E-state index in [1.54, 1.807) is 10.6 Å². The van der Waals surface area contributed by atoms with Crippen molar-refractivity contribution in [1.29, 1.82) is 0 Å². The first kappa shape index (κ1) is 28.0. The summed E-state index contributed by atoms with van der Waals surface area (Å²) < 4.78 is 0. The molecule has 2 rings (SSSR count). The Morgan fingerprint density at radius 1 is 0.531 bits per heavy atom. The van der Waals surface area contributed by atoms with Crippen LogP contribution in [-0.4, -0.2) is 20.6 Å². The van der Waals surface area contributed by atoms with Crippen LogP contribution in [0.4, 0.5) is 0 Å². The summed E-state index contributed by atoms with van der Waals surface area (Å²) >= 11 is 0. The van der Waals surface area contributed by atoms with Crippen molar-refractivity contribution in [3.8, 4) is 11.1 Å². The first-order valence-corrected chi connectivity index (χ1v) is 15.9. The molecule has 1 aromatic carbocycles. The van der Waals surface area contributed by atoms with Crippen LogP contribution in [0.25, 0.3) is 11.1 Å². The third-order valence-electron chi connectivity index (χ3n) is 5.92. The maximum atomic E-state index is 2.52. The summed E-state index contributed by atoms with van der Waals surface area (Å²) in [6, 6.07) is 16.0. The lowest BCUT2D eigenvalue weighted by atomic mass is 10.1. The molecule has 0 aliphatic carbocycles. The molecule has 3 heteroatoms. The fourth-order valence-corrected chi connectivity index (χ4v) is 13.8. The van der Waals surface area contributed by atoms with Crippen molar-refractivity contribution in [2.45, 2.75) is 116 Å². The molecule has 0 amide bonds. The highest BCUT2D eigenvalue weighted by Crippen LogP contribution is 2.64. The molecule has 0 N–H and O–H groups in total. The average Bonchev–Trinajstić information content (AvgIpc) is 2.61. The second-order valence-corrected chi connectivity index (χ2v) is 22.1. The van der Waals surface area contributed by atoms with E-state index in [4.69, 9.17) is 0 Å². The molecule has 178 valence electrons. The van der Waals surface area contributed by atoms with Gasteiger partial charge in [0.05, 0.1) is 0 Å². The Morgan fingerprint density at radius 2 is 0.875 bits per heavy atom. The minimum absolute atomic E-state index is 0.149. The summed E-state index contributed by atoms with van der Waals surface area (Å²) in [5, 5.41) is 4.64. The molecule has 0 spiro atoms. The number of hydrogen-bond acceptors (Lipinski definition) is 0. The zero-order valence-electron chi connectivity index (χ0n) is 22.8. The molecule has 0 saturated carbocycles. The van der Waals surface area contributed by atoms with E-state index in [-0.39, 0.29) is 15.8 Å². The second kappa shape index (κ2) is 10.2. The van der Waals surface area contributed by atoms with Crippen LogP contribution in [0.2, 0.25) is 0 Å². The normalized spacial score (nSPS) is 13.8. The zero-order chi connectivity index (χ0) is 24.5. The van der Waals surface area contributed by atoms with E-state index >= 15 is 0 Å². The summed E-state index contributed by atoms with van der Waals surface area (Å²) in [6.07, 6.45) is 2.47. The van der Waals surface area contributed by atoms with Gasteiger partial charge in [0, 0.05) is 0 Å². The summed E-state index contributed by atoms with van der Waals surface area (Å²) in [5.74, 6) is 0. The SMILES string of the molecule is CC(C)(C)P(Cc1cc(-c2ccccc2)cc(CP(C(C)(C)C)C(C)(C)C)p1)C(C)(C)C. The summed E-state index contributed by atoms with van der Waals surface area (Å²) in [5.41, 5.74) is 2.76. The minimum atomic E-state index is -0.149. The largest absolute Gasteiger partial charge is 0.0908 e. The van der Waals surface area contributed by atoms with Crippen LogP contribution in [0.1, 0.15) is 93.7 Å². The van der Waals surface area contributed by atoms with Crippen LogP contribution in [0.3, 0.4) is 0 Å². The lowest BCUT2D eigenvalue weighted by Gasteiger charge is -2.42. The molecule has 0 bridgehead atoms. The molecule has 0 nitrogen and oxygen atoms in total. The highest BCUT2D eigenvalue weighted by molar-refractivity contribution is 7.61. The third-order valence-corrected chi connectivity index (χ3v) is 15.4. The predicted octanol–water partition coefficient (Wildman–Crippen LogP) is 11.1. The average molecular weight is 489 g/mol. The highest BCUT2D eigenvalue weighted by Gasteiger charge is 2.36. The van der Waals surface area contributed by atoms with E-state index in [0.29, 0.717) is 20.6 Å². The molecule has 0 atom stereocenters. The van der Waals surface area contributed by atoms with Crippen LogP contribution >= 0.6 is 24.0 Å². The fraction of sp³-hybridized carbons (Fsp3) is 0.621. The third kappa shape index (κ3) is 7.90. The Hall–Kier alpha value is -0.270. The lowest BCUT2D eigenvalue weighted by molar-refractivity contribution is 0.703. The molecule has 0 unspecified atom stereocenters. The van der Waals surface area contributed by atoms with Gasteiger partial charge in [-0.05, 0) is 66.8 Å². The molecule has 1 aromatic heterocycles. The van der Waals surface area contributed by atoms with Crippen molar-refractivity contribution in [2.75, 3.05) is 0 Å². The van der Waals surface area contributed by atoms with Gasteiger partial charge < -0.3 is 0 Å². The summed E-state index contributed by atoms with van der Waals surface area (Å²) in [7, 11) is 1.17. The molecule has 0 aliphatic heterocycles. The smallest absolute Gasteiger partial charge is 0.00197 e. The predicted molar refractivity (Wildman–Crippen MR) is 155 cm³/mol. The van der Waals surface area contributed by atoms with Crippen LogP contribution in [0, 0.1) is 0 Å². The number of hydrogen-bond donors (Lipinski definition) is 0. The number of rotatable bonds is 5. The van der Waals surface area contributed by atoms with Gasteiger partial charge in [-0.1, -0.05) is 137 Å². The van der Waals surface area contributed by atoms with Crippen molar-refractivity contribution in [3.63, 3.8) is 0 Å². The van der Waals surface area contributed by atoms with Crippen molar-refractivity contribution in [1.82, 2.24) is 0 Å². The first-order chi connectivity index (χ1) is 14.4. The zero-order valence-corrected chi connectivity index (χ0v) is 25.5. The molecule has 0 radical (unpaired) electrons. The van der Waals surface area contributed by atoms with Crippen LogP contribution in [0.5, 0.6) is 0 Å². The molecule has 2 aromatic rings. The van der Waals surface area contributed by atoms with Crippen LogP contribution in [-0.2, 0) is 12.3 Å². The molecule has 0 fully saturated rings. The Morgan fingerprint density at radius 3 is 1.19 bits per heavy atom. The van der Waals surface area contributed by atoms with Crippen LogP contribution in [0.15, 0.2) is 42.5 Å². The van der Waals surface area contributed by atoms with Gasteiger partial charge in [0.15, 0.2) is 0 Å². The fourth-order valence-electron chi connectivity index (χ4n) is 4.89. The van der Waals surface area contributed by atoms with Gasteiger partial charge in [0.1, 0.15) is 0 Å². The maximum absolute atomic E-state index is 2.52. The van der Waals surface area contributed by atoms with Crippen molar-refractivity contribution >= 4 is 24.0 Å². The summed E-state index contributed by atoms with van der Waals surface area (Å²) in [4.78, 5) is 0. The molecule has 0 saturated heterocycles. The highest BCUT2D eigenvalue weighted by atomic mass is 31.1. The van der Waals surface area contributed by atoms with Gasteiger partial charge >= 0.3 is 0 Å². The van der Waals surface area contributed by atoms with Gasteiger partial charge in [-0.2, -0.15) is 0 Å². The van der Waals surface area contributed by atoms with E-state index < -0.39 is 0 Å². The van der Waals surface area contributed by atoms with Crippen LogP contribution < -0.4 is 0 Å². The Kier molecular flexibility index (Phi) is 8.87. The molecular weight excluding hydrogens is 441 g/mol. The Labute approximate surface area is 204 Å². The van der Waals surface area contributed by atoms with E-state index in [0.717, 1.165) is 0 Å². The standard InChI is InChI=1S/C29H47P3/c1-26(2,3)31(27(4,5)6)20-24-18-23(22-16-14-13-15-17-22)19-25(30-24)21-32(28(7,8)9)29(10,11)12/h13-19H,20-21H2,1-12H3. The first-order valence-electron chi connectivity index (χ1n) is 12.0. The molecular formula is C29H47P3. The van der Waals surface area contributed by atoms with Crippen molar-refractivity contribution < 1.29 is 0 Å². The summed E-state index contributed by atoms with van der Waals surface area (Å²) in [6.45, 7) is 29.3. The Bertz CT molecular complexity index is 792. The van der Waals surface area contributed by atoms with Gasteiger partial charge in [0.25, 0.3) is 0 Å². The van der Waals surface area contributed by atoms with Gasteiger partial charge in [-0.3, -0.25) is 0 Å². The quantitative estimate of drug-likeness (QED) is 0.367. The van der Waals surface area contributed by atoms with Gasteiger partial charge in [0.2, 0.25) is 0 Å². The topological polar surface area (TPSA) is 0 Å². The van der Waals surface area contributed by atoms with E-state index in [1.807, 2.05) is 0 Å². The molecule has 32 heavy (non-hydrogen) atoms. The Balaban J connectivity index is 2.58. The lowest BCUT2D eigenvalue weighted by Crippen LogP contribution is -2.26. The van der Waals surface area contributed by atoms with E-state index in [2.05, 4.69) is 126 Å². The van der Waals surface area contributed by atoms with Gasteiger partial charge in [-0.25, -0.2) is 0 Å². The van der Waals surface area contributed by atoms with Crippen molar-refractivity contribution in [3.05, 3.63) is 53.1 Å². The van der Waals surface area contributed by atoms with E-state index in [9.17, 15) is 0 Å². The minimum Gasteiger partial charge on any atom is -0.0908 e. The number of benzene rings is 1. The second-order valence-electron chi connectivity index (χ2n) is 13.1. The molecule has 0 aliphatic rings. The van der Waals surface area contributed by atoms with E-state index in [1.165, 1.54) is 31.6 Å². The molecule has 1 heterocycles. The van der Waals surface area contributed by atoms with Crippen molar-refractivity contribution in [2.24, 2.45) is 0 Å². The maximum Gasteiger partial charge on any atom is -0.00197 e. The monoisotopic (exact) mass is 488 g/mol.